The van der Waals surface area contributed by atoms with Crippen molar-refractivity contribution in [3.63, 3.8) is 0 Å². The van der Waals surface area contributed by atoms with Gasteiger partial charge in [0.2, 0.25) is 17.7 Å². The van der Waals surface area contributed by atoms with Gasteiger partial charge < -0.3 is 20.5 Å². The molecule has 0 saturated heterocycles. The first-order valence-corrected chi connectivity index (χ1v) is 11.5. The smallest absolute Gasteiger partial charge is 0.247 e. The molecule has 0 radical (unpaired) electrons. The lowest BCUT2D eigenvalue weighted by atomic mass is 10.0. The van der Waals surface area contributed by atoms with Crippen LogP contribution in [-0.4, -0.2) is 48.1 Å². The Morgan fingerprint density at radius 3 is 2.39 bits per heavy atom. The van der Waals surface area contributed by atoms with Gasteiger partial charge >= 0.3 is 0 Å². The van der Waals surface area contributed by atoms with Crippen LogP contribution in [0.5, 0.6) is 5.75 Å². The highest BCUT2D eigenvalue weighted by Gasteiger charge is 2.33. The van der Waals surface area contributed by atoms with Crippen molar-refractivity contribution >= 4 is 29.2 Å². The van der Waals surface area contributed by atoms with Gasteiger partial charge in [0.1, 0.15) is 17.6 Å². The molecular formula is C27H30N4O5. The minimum absolute atomic E-state index is 0.0391. The van der Waals surface area contributed by atoms with Gasteiger partial charge in [-0.2, -0.15) is 0 Å². The number of amides is 3. The monoisotopic (exact) mass is 490 g/mol. The fourth-order valence-corrected chi connectivity index (χ4v) is 3.68. The average molecular weight is 491 g/mol. The molecule has 0 unspecified atom stereocenters. The van der Waals surface area contributed by atoms with Gasteiger partial charge in [0.05, 0.1) is 6.61 Å². The summed E-state index contributed by atoms with van der Waals surface area (Å²) in [7, 11) is 1.53. The Morgan fingerprint density at radius 1 is 1.00 bits per heavy atom. The van der Waals surface area contributed by atoms with E-state index >= 15 is 0 Å². The number of anilines is 2. The highest BCUT2D eigenvalue weighted by atomic mass is 16.5. The topological polar surface area (TPSA) is 121 Å². The van der Waals surface area contributed by atoms with Crippen LogP contribution in [0, 0.1) is 6.92 Å². The molecule has 1 aromatic heterocycles. The molecule has 36 heavy (non-hydrogen) atoms. The molecule has 0 aliphatic carbocycles. The molecule has 3 N–H and O–H groups in total. The highest BCUT2D eigenvalue weighted by molar-refractivity contribution is 6.03. The summed E-state index contributed by atoms with van der Waals surface area (Å²) in [6.45, 7) is 2.41. The van der Waals surface area contributed by atoms with Gasteiger partial charge in [0.15, 0.2) is 0 Å². The van der Waals surface area contributed by atoms with Crippen molar-refractivity contribution < 1.29 is 24.2 Å². The molecule has 0 bridgehead atoms. The standard InChI is InChI=1S/C27H30N4O5/c1-19-7-3-4-8-22(19)31(25(34)15-14-24(33)30-23-9-5-6-16-28-23)26(27(35)29-17-18-36-2)20-10-12-21(32)13-11-20/h3-13,16,26,32H,14-15,17-18H2,1-2H3,(H,29,35)(H,28,30,33)/t26-/m0/s1. The molecule has 1 atom stereocenters. The van der Waals surface area contributed by atoms with Gasteiger partial charge in [-0.3, -0.25) is 19.3 Å². The van der Waals surface area contributed by atoms with Gasteiger partial charge in [0, 0.05) is 38.4 Å². The number of hydrogen-bond donors (Lipinski definition) is 3. The number of rotatable bonds is 11. The lowest BCUT2D eigenvalue weighted by molar-refractivity contribution is -0.127. The minimum atomic E-state index is -1.03. The first-order chi connectivity index (χ1) is 17.4. The number of nitrogens with zero attached hydrogens (tertiary/aromatic N) is 2. The molecule has 0 spiro atoms. The Morgan fingerprint density at radius 2 is 1.72 bits per heavy atom. The van der Waals surface area contributed by atoms with E-state index in [0.717, 1.165) is 5.56 Å². The number of aromatic hydroxyl groups is 1. The summed E-state index contributed by atoms with van der Waals surface area (Å²) >= 11 is 0. The van der Waals surface area contributed by atoms with Gasteiger partial charge in [0.25, 0.3) is 0 Å². The van der Waals surface area contributed by atoms with Crippen LogP contribution in [0.15, 0.2) is 72.9 Å². The molecule has 0 aliphatic heterocycles. The molecule has 3 rings (SSSR count). The third kappa shape index (κ3) is 7.13. The third-order valence-corrected chi connectivity index (χ3v) is 5.46. The normalized spacial score (nSPS) is 11.4. The third-order valence-electron chi connectivity index (χ3n) is 5.46. The number of phenols is 1. The number of pyridine rings is 1. The maximum Gasteiger partial charge on any atom is 0.247 e. The van der Waals surface area contributed by atoms with Crippen LogP contribution >= 0.6 is 0 Å². The molecule has 0 fully saturated rings. The second-order valence-corrected chi connectivity index (χ2v) is 8.09. The van der Waals surface area contributed by atoms with Crippen LogP contribution in [0.25, 0.3) is 0 Å². The van der Waals surface area contributed by atoms with E-state index in [0.29, 0.717) is 23.7 Å². The van der Waals surface area contributed by atoms with Gasteiger partial charge in [-0.25, -0.2) is 4.98 Å². The van der Waals surface area contributed by atoms with Crippen molar-refractivity contribution in [2.24, 2.45) is 0 Å². The SMILES string of the molecule is COCCNC(=O)[C@H](c1ccc(O)cc1)N(C(=O)CCC(=O)Nc1ccccn1)c1ccccc1C. The van der Waals surface area contributed by atoms with Crippen molar-refractivity contribution in [1.29, 1.82) is 0 Å². The van der Waals surface area contributed by atoms with Crippen molar-refractivity contribution in [3.05, 3.63) is 84.1 Å². The van der Waals surface area contributed by atoms with Crippen molar-refractivity contribution in [3.8, 4) is 5.75 Å². The average Bonchev–Trinajstić information content (AvgIpc) is 2.88. The summed E-state index contributed by atoms with van der Waals surface area (Å²) in [5, 5.41) is 15.3. The fraction of sp³-hybridized carbons (Fsp3) is 0.259. The van der Waals surface area contributed by atoms with Crippen LogP contribution in [0.4, 0.5) is 11.5 Å². The van der Waals surface area contributed by atoms with Crippen LogP contribution in [0.2, 0.25) is 0 Å². The maximum atomic E-state index is 13.6. The molecule has 0 saturated carbocycles. The van der Waals surface area contributed by atoms with E-state index in [2.05, 4.69) is 15.6 Å². The predicted octanol–water partition coefficient (Wildman–Crippen LogP) is 3.35. The second kappa shape index (κ2) is 13.0. The van der Waals surface area contributed by atoms with Gasteiger partial charge in [-0.05, 0) is 48.4 Å². The number of nitrogens with one attached hydrogen (secondary N) is 2. The number of para-hydroxylation sites is 1. The molecule has 9 nitrogen and oxygen atoms in total. The van der Waals surface area contributed by atoms with E-state index < -0.39 is 17.9 Å². The molecule has 1 heterocycles. The first kappa shape index (κ1) is 26.4. The molecule has 188 valence electrons. The molecule has 3 amide bonds. The summed E-state index contributed by atoms with van der Waals surface area (Å²) in [6, 6.07) is 17.5. The molecule has 9 heteroatoms. The van der Waals surface area contributed by atoms with E-state index in [9.17, 15) is 19.5 Å². The largest absolute Gasteiger partial charge is 0.508 e. The number of aryl methyl sites for hydroxylation is 1. The summed E-state index contributed by atoms with van der Waals surface area (Å²) in [5.41, 5.74) is 1.85. The Kier molecular flexibility index (Phi) is 9.53. The Bertz CT molecular complexity index is 1170. The predicted molar refractivity (Wildman–Crippen MR) is 136 cm³/mol. The maximum absolute atomic E-state index is 13.6. The van der Waals surface area contributed by atoms with Gasteiger partial charge in [-0.1, -0.05) is 36.4 Å². The molecule has 2 aromatic carbocycles. The van der Waals surface area contributed by atoms with Crippen LogP contribution in [0.3, 0.4) is 0 Å². The zero-order valence-corrected chi connectivity index (χ0v) is 20.3. The van der Waals surface area contributed by atoms with Crippen LogP contribution in [-0.2, 0) is 19.1 Å². The second-order valence-electron chi connectivity index (χ2n) is 8.09. The number of carbonyl (C=O) groups excluding carboxylic acids is 3. The Labute approximate surface area is 210 Å². The van der Waals surface area contributed by atoms with Crippen LogP contribution in [0.1, 0.15) is 30.0 Å². The minimum Gasteiger partial charge on any atom is -0.508 e. The van der Waals surface area contributed by atoms with Crippen LogP contribution < -0.4 is 15.5 Å². The summed E-state index contributed by atoms with van der Waals surface area (Å²) in [5.74, 6) is -0.743. The van der Waals surface area contributed by atoms with E-state index in [1.807, 2.05) is 19.1 Å². The summed E-state index contributed by atoms with van der Waals surface area (Å²) < 4.78 is 5.04. The number of benzene rings is 2. The molecule has 3 aromatic rings. The molecule has 0 aliphatic rings. The Balaban J connectivity index is 1.91. The quantitative estimate of drug-likeness (QED) is 0.355. The zero-order valence-electron chi connectivity index (χ0n) is 20.3. The van der Waals surface area contributed by atoms with E-state index in [-0.39, 0.29) is 31.0 Å². The molecular weight excluding hydrogens is 460 g/mol. The van der Waals surface area contributed by atoms with E-state index in [4.69, 9.17) is 4.74 Å². The number of aromatic nitrogens is 1. The Hall–Kier alpha value is -4.24. The summed E-state index contributed by atoms with van der Waals surface area (Å²) in [6.07, 6.45) is 1.34. The van der Waals surface area contributed by atoms with E-state index in [1.165, 1.54) is 24.1 Å². The zero-order chi connectivity index (χ0) is 25.9. The fourth-order valence-electron chi connectivity index (χ4n) is 3.68. The number of methoxy groups -OCH3 is 1. The van der Waals surface area contributed by atoms with Gasteiger partial charge in [-0.15, -0.1) is 0 Å². The first-order valence-electron chi connectivity index (χ1n) is 11.5. The number of hydrogen-bond acceptors (Lipinski definition) is 6. The number of ether oxygens (including phenoxy) is 1. The van der Waals surface area contributed by atoms with E-state index in [1.54, 1.807) is 48.7 Å². The lowest BCUT2D eigenvalue weighted by Crippen LogP contribution is -2.45. The summed E-state index contributed by atoms with van der Waals surface area (Å²) in [4.78, 5) is 45.0. The van der Waals surface area contributed by atoms with Crippen molar-refractivity contribution in [1.82, 2.24) is 10.3 Å². The van der Waals surface area contributed by atoms with Crippen molar-refractivity contribution in [2.45, 2.75) is 25.8 Å². The number of carbonyl (C=O) groups is 3. The highest BCUT2D eigenvalue weighted by Crippen LogP contribution is 2.32. The van der Waals surface area contributed by atoms with Crippen molar-refractivity contribution in [2.75, 3.05) is 30.5 Å². The number of phenolic OH excluding ortho intramolecular Hbond substituents is 1. The lowest BCUT2D eigenvalue weighted by Gasteiger charge is -2.32.